The van der Waals surface area contributed by atoms with Crippen molar-refractivity contribution in [1.82, 2.24) is 0 Å². The van der Waals surface area contributed by atoms with Crippen LogP contribution in [0.4, 0.5) is 5.69 Å². The fourth-order valence-electron chi connectivity index (χ4n) is 1.33. The van der Waals surface area contributed by atoms with E-state index in [9.17, 15) is 14.9 Å². The second-order valence-electron chi connectivity index (χ2n) is 3.65. The fourth-order valence-corrected chi connectivity index (χ4v) is 3.04. The third-order valence-corrected chi connectivity index (χ3v) is 4.34. The average Bonchev–Trinajstić information content (AvgIpc) is 2.39. The molecule has 104 valence electrons. The second-order valence-corrected chi connectivity index (χ2v) is 5.48. The molecule has 19 heavy (non-hydrogen) atoms. The summed E-state index contributed by atoms with van der Waals surface area (Å²) < 4.78 is 4.97. The maximum absolute atomic E-state index is 11.1. The van der Waals surface area contributed by atoms with E-state index >= 15 is 0 Å². The number of carbonyl (C=O) groups excluding carboxylic acids is 1. The van der Waals surface area contributed by atoms with Crippen molar-refractivity contribution in [2.24, 2.45) is 5.73 Å². The van der Waals surface area contributed by atoms with Crippen LogP contribution in [0.1, 0.15) is 5.56 Å². The maximum atomic E-state index is 11.1. The zero-order valence-electron chi connectivity index (χ0n) is 10.2. The molecule has 0 aromatic heterocycles. The molecule has 6 nitrogen and oxygen atoms in total. The lowest BCUT2D eigenvalue weighted by molar-refractivity contribution is -0.385. The van der Waals surface area contributed by atoms with E-state index < -0.39 is 16.9 Å². The monoisotopic (exact) mass is 348 g/mol. The Bertz CT molecular complexity index is 484. The molecule has 1 unspecified atom stereocenters. The lowest BCUT2D eigenvalue weighted by Crippen LogP contribution is -2.33. The van der Waals surface area contributed by atoms with Crippen molar-refractivity contribution in [3.8, 4) is 0 Å². The molecular formula is C11H13BrN2O4S. The van der Waals surface area contributed by atoms with Gasteiger partial charge in [0.15, 0.2) is 0 Å². The summed E-state index contributed by atoms with van der Waals surface area (Å²) in [5, 5.41) is 10.8. The molecule has 1 rings (SSSR count). The second kappa shape index (κ2) is 7.46. The topological polar surface area (TPSA) is 95.5 Å². The normalized spacial score (nSPS) is 11.9. The number of halogens is 1. The minimum absolute atomic E-state index is 0.0235. The summed E-state index contributed by atoms with van der Waals surface area (Å²) in [6, 6.07) is 4.15. The first-order valence-corrected chi connectivity index (χ1v) is 7.25. The van der Waals surface area contributed by atoms with Gasteiger partial charge < -0.3 is 10.5 Å². The van der Waals surface area contributed by atoms with Crippen molar-refractivity contribution in [2.75, 3.05) is 12.9 Å². The number of hydrogen-bond donors (Lipinski definition) is 1. The van der Waals surface area contributed by atoms with Gasteiger partial charge in [0, 0.05) is 17.6 Å². The van der Waals surface area contributed by atoms with Crippen LogP contribution >= 0.6 is 27.7 Å². The molecule has 0 radical (unpaired) electrons. The molecule has 0 heterocycles. The molecule has 0 saturated carbocycles. The molecule has 1 aromatic carbocycles. The summed E-state index contributed by atoms with van der Waals surface area (Å²) in [6.45, 7) is 0. The van der Waals surface area contributed by atoms with E-state index in [0.717, 1.165) is 5.56 Å². The molecule has 1 atom stereocenters. The molecule has 0 spiro atoms. The number of nitrogens with zero attached hydrogens (tertiary/aromatic N) is 1. The number of ether oxygens (including phenoxy) is 1. The van der Waals surface area contributed by atoms with Gasteiger partial charge in [-0.25, -0.2) is 0 Å². The van der Waals surface area contributed by atoms with Crippen molar-refractivity contribution in [3.05, 3.63) is 38.3 Å². The molecular weight excluding hydrogens is 336 g/mol. The highest BCUT2D eigenvalue weighted by Crippen LogP contribution is 2.30. The van der Waals surface area contributed by atoms with E-state index in [4.69, 9.17) is 5.73 Å². The quantitative estimate of drug-likeness (QED) is 0.480. The van der Waals surface area contributed by atoms with Gasteiger partial charge in [0.1, 0.15) is 6.04 Å². The van der Waals surface area contributed by atoms with Gasteiger partial charge in [-0.2, -0.15) is 11.8 Å². The van der Waals surface area contributed by atoms with Crippen LogP contribution in [-0.2, 0) is 15.3 Å². The van der Waals surface area contributed by atoms with Crippen LogP contribution in [0.5, 0.6) is 0 Å². The smallest absolute Gasteiger partial charge is 0.323 e. The zero-order valence-corrected chi connectivity index (χ0v) is 12.6. The molecule has 0 aliphatic rings. The maximum Gasteiger partial charge on any atom is 0.323 e. The SMILES string of the molecule is COC(=O)C(N)CSCc1cccc([N+](=O)[O-])c1Br. The van der Waals surface area contributed by atoms with Gasteiger partial charge in [-0.3, -0.25) is 14.9 Å². The predicted octanol–water partition coefficient (Wildman–Crippen LogP) is 2.09. The minimum atomic E-state index is -0.688. The van der Waals surface area contributed by atoms with Gasteiger partial charge >= 0.3 is 5.97 Å². The van der Waals surface area contributed by atoms with Gasteiger partial charge in [-0.05, 0) is 21.5 Å². The molecule has 1 aromatic rings. The molecule has 0 saturated heterocycles. The van der Waals surface area contributed by atoms with Crippen molar-refractivity contribution < 1.29 is 14.5 Å². The van der Waals surface area contributed by atoms with Crippen molar-refractivity contribution in [2.45, 2.75) is 11.8 Å². The van der Waals surface area contributed by atoms with Crippen LogP contribution in [0, 0.1) is 10.1 Å². The number of rotatable bonds is 6. The molecule has 0 aliphatic carbocycles. The number of carbonyl (C=O) groups is 1. The van der Waals surface area contributed by atoms with Gasteiger partial charge in [-0.15, -0.1) is 0 Å². The van der Waals surface area contributed by atoms with Gasteiger partial charge in [0.05, 0.1) is 16.5 Å². The highest BCUT2D eigenvalue weighted by Gasteiger charge is 2.16. The molecule has 8 heteroatoms. The summed E-state index contributed by atoms with van der Waals surface area (Å²) in [7, 11) is 1.28. The Kier molecular flexibility index (Phi) is 6.26. The van der Waals surface area contributed by atoms with Crippen LogP contribution in [0.15, 0.2) is 22.7 Å². The molecule has 0 aliphatic heterocycles. The Morgan fingerprint density at radius 3 is 2.89 bits per heavy atom. The van der Waals surface area contributed by atoms with E-state index in [-0.39, 0.29) is 5.69 Å². The van der Waals surface area contributed by atoms with Crippen molar-refractivity contribution in [1.29, 1.82) is 0 Å². The number of benzene rings is 1. The van der Waals surface area contributed by atoms with Crippen LogP contribution in [0.2, 0.25) is 0 Å². The van der Waals surface area contributed by atoms with E-state index in [0.29, 0.717) is 16.0 Å². The number of hydrogen-bond acceptors (Lipinski definition) is 6. The Labute approximate surface area is 123 Å². The Balaban J connectivity index is 2.62. The van der Waals surface area contributed by atoms with E-state index in [1.165, 1.54) is 24.9 Å². The first-order chi connectivity index (χ1) is 8.97. The van der Waals surface area contributed by atoms with Crippen LogP contribution < -0.4 is 5.73 Å². The van der Waals surface area contributed by atoms with E-state index in [1.54, 1.807) is 12.1 Å². The molecule has 2 N–H and O–H groups in total. The van der Waals surface area contributed by atoms with Crippen molar-refractivity contribution in [3.63, 3.8) is 0 Å². The van der Waals surface area contributed by atoms with E-state index in [1.807, 2.05) is 0 Å². The van der Waals surface area contributed by atoms with Crippen LogP contribution in [0.3, 0.4) is 0 Å². The Morgan fingerprint density at radius 1 is 1.63 bits per heavy atom. The lowest BCUT2D eigenvalue weighted by Gasteiger charge is -2.09. The lowest BCUT2D eigenvalue weighted by atomic mass is 10.2. The third-order valence-electron chi connectivity index (χ3n) is 2.31. The highest BCUT2D eigenvalue weighted by atomic mass is 79.9. The summed E-state index contributed by atoms with van der Waals surface area (Å²) in [5.74, 6) is 0.444. The highest BCUT2D eigenvalue weighted by molar-refractivity contribution is 9.10. The predicted molar refractivity (Wildman–Crippen MR) is 76.9 cm³/mol. The molecule has 0 amide bonds. The van der Waals surface area contributed by atoms with E-state index in [2.05, 4.69) is 20.7 Å². The standard InChI is InChI=1S/C11H13BrN2O4S/c1-18-11(15)8(13)6-19-5-7-3-2-4-9(10(7)12)14(16)17/h2-4,8H,5-6,13H2,1H3. The number of nitro groups is 1. The zero-order chi connectivity index (χ0) is 14.4. The largest absolute Gasteiger partial charge is 0.468 e. The van der Waals surface area contributed by atoms with Gasteiger partial charge in [-0.1, -0.05) is 12.1 Å². The summed E-state index contributed by atoms with van der Waals surface area (Å²) in [6.07, 6.45) is 0. The number of nitro benzene ring substituents is 1. The minimum Gasteiger partial charge on any atom is -0.468 e. The first kappa shape index (κ1) is 15.9. The Morgan fingerprint density at radius 2 is 2.32 bits per heavy atom. The number of thioether (sulfide) groups is 1. The molecule has 0 bridgehead atoms. The number of esters is 1. The van der Waals surface area contributed by atoms with Crippen LogP contribution in [-0.4, -0.2) is 29.8 Å². The average molecular weight is 349 g/mol. The fraction of sp³-hybridized carbons (Fsp3) is 0.364. The summed E-state index contributed by atoms with van der Waals surface area (Å²) in [4.78, 5) is 21.4. The van der Waals surface area contributed by atoms with Gasteiger partial charge in [0.25, 0.3) is 5.69 Å². The van der Waals surface area contributed by atoms with Crippen LogP contribution in [0.25, 0.3) is 0 Å². The summed E-state index contributed by atoms with van der Waals surface area (Å²) >= 11 is 4.63. The first-order valence-electron chi connectivity index (χ1n) is 5.30. The number of nitrogens with two attached hydrogens (primary N) is 1. The third kappa shape index (κ3) is 4.48. The van der Waals surface area contributed by atoms with Crippen molar-refractivity contribution >= 4 is 39.3 Å². The summed E-state index contributed by atoms with van der Waals surface area (Å²) in [5.41, 5.74) is 6.40. The number of methoxy groups -OCH3 is 1. The van der Waals surface area contributed by atoms with Gasteiger partial charge in [0.2, 0.25) is 0 Å². The molecule has 0 fully saturated rings. The Hall–Kier alpha value is -1.12.